The van der Waals surface area contributed by atoms with Crippen LogP contribution in [0.5, 0.6) is 0 Å². The molecule has 0 radical (unpaired) electrons. The molecule has 0 spiro atoms. The number of likely N-dealkylation sites (tertiary alicyclic amines) is 1. The van der Waals surface area contributed by atoms with Crippen molar-refractivity contribution in [1.82, 2.24) is 29.9 Å². The molecule has 9 heteroatoms. The molecule has 1 atom stereocenters. The summed E-state index contributed by atoms with van der Waals surface area (Å²) in [4.78, 5) is 35.1. The molecule has 8 nitrogen and oxygen atoms in total. The lowest BCUT2D eigenvalue weighted by Crippen LogP contribution is -2.40. The van der Waals surface area contributed by atoms with Crippen LogP contribution in [0.1, 0.15) is 41.3 Å². The molecule has 2 aromatic carbocycles. The molecular formula is C25H25FN6O2. The number of nitrogens with one attached hydrogen (secondary N) is 1. The van der Waals surface area contributed by atoms with E-state index in [0.717, 1.165) is 29.5 Å². The van der Waals surface area contributed by atoms with Crippen molar-refractivity contribution in [3.05, 3.63) is 87.2 Å². The van der Waals surface area contributed by atoms with Crippen molar-refractivity contribution in [3.63, 3.8) is 0 Å². The van der Waals surface area contributed by atoms with Crippen LogP contribution in [0, 0.1) is 12.7 Å². The number of amides is 1. The minimum absolute atomic E-state index is 0.0745. The third kappa shape index (κ3) is 4.46. The van der Waals surface area contributed by atoms with Gasteiger partial charge in [0.05, 0.1) is 13.0 Å². The van der Waals surface area contributed by atoms with Gasteiger partial charge in [-0.1, -0.05) is 41.6 Å². The highest BCUT2D eigenvalue weighted by atomic mass is 19.1. The number of aryl methyl sites for hydroxylation is 1. The summed E-state index contributed by atoms with van der Waals surface area (Å²) < 4.78 is 14.8. The van der Waals surface area contributed by atoms with E-state index in [2.05, 4.69) is 15.3 Å². The zero-order valence-electron chi connectivity index (χ0n) is 18.9. The number of carbonyl (C=O) groups is 1. The highest BCUT2D eigenvalue weighted by Gasteiger charge is 2.27. The summed E-state index contributed by atoms with van der Waals surface area (Å²) in [5, 5.41) is 8.07. The Morgan fingerprint density at radius 2 is 1.97 bits per heavy atom. The maximum atomic E-state index is 13.2. The molecule has 174 valence electrons. The number of aromatic amines is 1. The lowest BCUT2D eigenvalue weighted by atomic mass is 9.96. The minimum Gasteiger partial charge on any atom is -0.342 e. The Kier molecular flexibility index (Phi) is 5.91. The molecule has 0 bridgehead atoms. The summed E-state index contributed by atoms with van der Waals surface area (Å²) in [6, 6.07) is 14.0. The van der Waals surface area contributed by atoms with Crippen molar-refractivity contribution < 1.29 is 9.18 Å². The van der Waals surface area contributed by atoms with Gasteiger partial charge in [0, 0.05) is 19.0 Å². The average molecular weight is 461 g/mol. The lowest BCUT2D eigenvalue weighted by Gasteiger charge is -2.32. The van der Waals surface area contributed by atoms with Gasteiger partial charge in [-0.05, 0) is 48.6 Å². The number of carbonyl (C=O) groups excluding carboxylic acids is 1. The number of rotatable bonds is 5. The third-order valence-electron chi connectivity index (χ3n) is 6.40. The van der Waals surface area contributed by atoms with Gasteiger partial charge in [-0.25, -0.2) is 14.1 Å². The first-order valence-corrected chi connectivity index (χ1v) is 11.4. The van der Waals surface area contributed by atoms with Crippen LogP contribution in [0.2, 0.25) is 0 Å². The fourth-order valence-electron chi connectivity index (χ4n) is 4.46. The Balaban J connectivity index is 1.37. The van der Waals surface area contributed by atoms with Crippen molar-refractivity contribution in [3.8, 4) is 0 Å². The predicted octanol–water partition coefficient (Wildman–Crippen LogP) is 2.96. The molecule has 34 heavy (non-hydrogen) atoms. The first-order valence-electron chi connectivity index (χ1n) is 11.4. The standard InChI is InChI=1S/C25H25FN6O2/c1-16-5-2-3-6-18(16)13-21(33)31-12-4-7-19(15-31)23-27-24-22(25(34)28-23)29-30-32(24)14-17-8-10-20(26)11-9-17/h2-3,5-6,8-11,19H,4,7,12-15H2,1H3,(H,27,28,34)/t19-/m0/s1. The summed E-state index contributed by atoms with van der Waals surface area (Å²) in [7, 11) is 0. The van der Waals surface area contributed by atoms with Crippen molar-refractivity contribution >= 4 is 17.1 Å². The van der Waals surface area contributed by atoms with E-state index in [1.165, 1.54) is 12.1 Å². The highest BCUT2D eigenvalue weighted by molar-refractivity contribution is 5.79. The first-order chi connectivity index (χ1) is 16.5. The molecule has 3 heterocycles. The van der Waals surface area contributed by atoms with Crippen LogP contribution in [0.25, 0.3) is 11.2 Å². The number of hydrogen-bond acceptors (Lipinski definition) is 5. The predicted molar refractivity (Wildman–Crippen MR) is 125 cm³/mol. The zero-order chi connectivity index (χ0) is 23.7. The minimum atomic E-state index is -0.353. The van der Waals surface area contributed by atoms with E-state index >= 15 is 0 Å². The molecule has 1 aliphatic rings. The molecule has 4 aromatic rings. The van der Waals surface area contributed by atoms with E-state index in [9.17, 15) is 14.0 Å². The van der Waals surface area contributed by atoms with Crippen LogP contribution in [0.15, 0.2) is 53.3 Å². The number of benzene rings is 2. The number of nitrogens with zero attached hydrogens (tertiary/aromatic N) is 5. The van der Waals surface area contributed by atoms with Crippen LogP contribution >= 0.6 is 0 Å². The molecule has 0 aliphatic carbocycles. The van der Waals surface area contributed by atoms with E-state index in [-0.39, 0.29) is 28.7 Å². The molecule has 1 N–H and O–H groups in total. The van der Waals surface area contributed by atoms with Gasteiger partial charge >= 0.3 is 0 Å². The number of halogens is 1. The average Bonchev–Trinajstić information content (AvgIpc) is 3.25. The largest absolute Gasteiger partial charge is 0.342 e. The summed E-state index contributed by atoms with van der Waals surface area (Å²) in [5.74, 6) is 0.211. The Bertz CT molecular complexity index is 1390. The summed E-state index contributed by atoms with van der Waals surface area (Å²) >= 11 is 0. The van der Waals surface area contributed by atoms with Gasteiger partial charge in [-0.15, -0.1) is 5.10 Å². The van der Waals surface area contributed by atoms with Crippen molar-refractivity contribution in [2.24, 2.45) is 0 Å². The number of fused-ring (bicyclic) bond motifs is 1. The van der Waals surface area contributed by atoms with Gasteiger partial charge in [0.15, 0.2) is 11.2 Å². The van der Waals surface area contributed by atoms with Gasteiger partial charge in [0.1, 0.15) is 11.6 Å². The van der Waals surface area contributed by atoms with Crippen LogP contribution < -0.4 is 5.56 Å². The van der Waals surface area contributed by atoms with Crippen LogP contribution in [-0.4, -0.2) is 48.9 Å². The normalized spacial score (nSPS) is 16.2. The number of H-pyrrole nitrogens is 1. The third-order valence-corrected chi connectivity index (χ3v) is 6.40. The quantitative estimate of drug-likeness (QED) is 0.494. The molecule has 1 fully saturated rings. The van der Waals surface area contributed by atoms with Gasteiger partial charge in [0.2, 0.25) is 5.91 Å². The number of piperidine rings is 1. The molecule has 2 aromatic heterocycles. The van der Waals surface area contributed by atoms with E-state index in [0.29, 0.717) is 37.5 Å². The van der Waals surface area contributed by atoms with Crippen molar-refractivity contribution in [2.45, 2.75) is 38.6 Å². The second-order valence-electron chi connectivity index (χ2n) is 8.78. The van der Waals surface area contributed by atoms with E-state index in [1.807, 2.05) is 36.1 Å². The number of aromatic nitrogens is 5. The molecule has 0 saturated carbocycles. The zero-order valence-corrected chi connectivity index (χ0v) is 18.9. The summed E-state index contributed by atoms with van der Waals surface area (Å²) in [5.41, 5.74) is 3.14. The molecule has 1 saturated heterocycles. The summed E-state index contributed by atoms with van der Waals surface area (Å²) in [6.45, 7) is 3.52. The number of hydrogen-bond donors (Lipinski definition) is 1. The maximum Gasteiger partial charge on any atom is 0.281 e. The van der Waals surface area contributed by atoms with Gasteiger partial charge in [-0.3, -0.25) is 9.59 Å². The summed E-state index contributed by atoms with van der Waals surface area (Å²) in [6.07, 6.45) is 2.01. The van der Waals surface area contributed by atoms with Gasteiger partial charge in [0.25, 0.3) is 5.56 Å². The Morgan fingerprint density at radius 1 is 1.18 bits per heavy atom. The second-order valence-corrected chi connectivity index (χ2v) is 8.78. The van der Waals surface area contributed by atoms with Crippen LogP contribution in [-0.2, 0) is 17.8 Å². The smallest absolute Gasteiger partial charge is 0.281 e. The molecule has 1 amide bonds. The molecular weight excluding hydrogens is 435 g/mol. The SMILES string of the molecule is Cc1ccccc1CC(=O)N1CCC[C@H](c2nc3c(nnn3Cc3ccc(F)cc3)c(=O)[nH]2)C1. The Morgan fingerprint density at radius 3 is 2.76 bits per heavy atom. The molecule has 1 aliphatic heterocycles. The van der Waals surface area contributed by atoms with Crippen LogP contribution in [0.3, 0.4) is 0 Å². The maximum absolute atomic E-state index is 13.2. The highest BCUT2D eigenvalue weighted by Crippen LogP contribution is 2.25. The van der Waals surface area contributed by atoms with Crippen molar-refractivity contribution in [2.75, 3.05) is 13.1 Å². The van der Waals surface area contributed by atoms with Crippen molar-refractivity contribution in [1.29, 1.82) is 0 Å². The molecule has 5 rings (SSSR count). The van der Waals surface area contributed by atoms with E-state index in [4.69, 9.17) is 4.98 Å². The lowest BCUT2D eigenvalue weighted by molar-refractivity contribution is -0.131. The second kappa shape index (κ2) is 9.17. The van der Waals surface area contributed by atoms with Gasteiger partial charge < -0.3 is 9.88 Å². The van der Waals surface area contributed by atoms with E-state index in [1.54, 1.807) is 16.8 Å². The fourth-order valence-corrected chi connectivity index (χ4v) is 4.46. The monoisotopic (exact) mass is 460 g/mol. The van der Waals surface area contributed by atoms with Crippen LogP contribution in [0.4, 0.5) is 4.39 Å². The topological polar surface area (TPSA) is 96.8 Å². The molecule has 0 unspecified atom stereocenters. The fraction of sp³-hybridized carbons (Fsp3) is 0.320. The Hall–Kier alpha value is -3.88. The van der Waals surface area contributed by atoms with Gasteiger partial charge in [-0.2, -0.15) is 0 Å². The Labute approximate surface area is 195 Å². The first kappa shape index (κ1) is 21.9. The van der Waals surface area contributed by atoms with E-state index < -0.39 is 0 Å².